The summed E-state index contributed by atoms with van der Waals surface area (Å²) in [5.41, 5.74) is 0. The first-order valence-corrected chi connectivity index (χ1v) is 7.22. The molecule has 0 aromatic rings. The number of hydrogen-bond donors (Lipinski definition) is 2. The molecular formula is C11H19ClN2O2S. The van der Waals surface area contributed by atoms with Gasteiger partial charge in [-0.3, -0.25) is 10.1 Å². The summed E-state index contributed by atoms with van der Waals surface area (Å²) in [6.45, 7) is 0. The molecule has 2 N–H and O–H groups in total. The molecule has 17 heavy (non-hydrogen) atoms. The van der Waals surface area contributed by atoms with Gasteiger partial charge in [-0.15, -0.1) is 24.2 Å². The van der Waals surface area contributed by atoms with Gasteiger partial charge in [0.05, 0.1) is 12.1 Å². The highest BCUT2D eigenvalue weighted by molar-refractivity contribution is 7.99. The summed E-state index contributed by atoms with van der Waals surface area (Å²) < 4.78 is 0. The van der Waals surface area contributed by atoms with Crippen molar-refractivity contribution in [1.82, 2.24) is 10.2 Å². The lowest BCUT2D eigenvalue weighted by atomic mass is 9.99. The maximum Gasteiger partial charge on any atom is 0.241 e. The molecule has 0 radical (unpaired) electrons. The first-order valence-electron chi connectivity index (χ1n) is 6.07. The van der Waals surface area contributed by atoms with Crippen molar-refractivity contribution in [3.8, 4) is 0 Å². The molecule has 3 unspecified atom stereocenters. The Morgan fingerprint density at radius 1 is 1.29 bits per heavy atom. The lowest BCUT2D eigenvalue weighted by Crippen LogP contribution is -2.54. The number of amides is 1. The van der Waals surface area contributed by atoms with E-state index >= 15 is 0 Å². The fourth-order valence-corrected chi connectivity index (χ4v) is 4.17. The third kappa shape index (κ3) is 2.43. The van der Waals surface area contributed by atoms with Gasteiger partial charge >= 0.3 is 0 Å². The number of carbonyl (C=O) groups excluding carboxylic acids is 1. The molecule has 0 saturated carbocycles. The molecule has 3 heterocycles. The zero-order valence-corrected chi connectivity index (χ0v) is 11.3. The van der Waals surface area contributed by atoms with Gasteiger partial charge in [-0.2, -0.15) is 0 Å². The number of carbonyl (C=O) groups is 1. The van der Waals surface area contributed by atoms with Crippen molar-refractivity contribution in [1.29, 1.82) is 0 Å². The first kappa shape index (κ1) is 13.5. The van der Waals surface area contributed by atoms with Gasteiger partial charge in [-0.25, -0.2) is 0 Å². The predicted octanol–water partition coefficient (Wildman–Crippen LogP) is 0.585. The molecule has 0 aliphatic carbocycles. The lowest BCUT2D eigenvalue weighted by molar-refractivity contribution is -0.138. The standard InChI is InChI=1S/C11H18N2O2S.ClH/c14-9-3-7-1-2-8(4-9)13(7)11(15)10-5-16-6-12-10;/h7-10,12,14H,1-6H2;1H. The van der Waals surface area contributed by atoms with Gasteiger partial charge in [-0.1, -0.05) is 0 Å². The van der Waals surface area contributed by atoms with E-state index in [4.69, 9.17) is 0 Å². The van der Waals surface area contributed by atoms with E-state index in [0.717, 1.165) is 37.3 Å². The maximum absolute atomic E-state index is 12.3. The summed E-state index contributed by atoms with van der Waals surface area (Å²) in [6, 6.07) is 0.616. The second-order valence-corrected chi connectivity index (χ2v) is 6.06. The van der Waals surface area contributed by atoms with Crippen LogP contribution in [0, 0.1) is 0 Å². The van der Waals surface area contributed by atoms with E-state index < -0.39 is 0 Å². The van der Waals surface area contributed by atoms with E-state index in [9.17, 15) is 9.90 Å². The third-order valence-electron chi connectivity index (χ3n) is 3.98. The largest absolute Gasteiger partial charge is 0.393 e. The smallest absolute Gasteiger partial charge is 0.241 e. The molecule has 3 fully saturated rings. The Bertz CT molecular complexity index is 285. The number of thioether (sulfide) groups is 1. The van der Waals surface area contributed by atoms with Crippen LogP contribution in [0.4, 0.5) is 0 Å². The number of nitrogens with zero attached hydrogens (tertiary/aromatic N) is 1. The Kier molecular flexibility index (Phi) is 4.23. The molecule has 0 aromatic carbocycles. The minimum Gasteiger partial charge on any atom is -0.393 e. The monoisotopic (exact) mass is 278 g/mol. The highest BCUT2D eigenvalue weighted by Gasteiger charge is 2.44. The van der Waals surface area contributed by atoms with Gasteiger partial charge in [0.25, 0.3) is 0 Å². The van der Waals surface area contributed by atoms with Crippen molar-refractivity contribution < 1.29 is 9.90 Å². The molecule has 3 saturated heterocycles. The SMILES string of the molecule is Cl.O=C(C1CSCN1)N1C2CCC1CC(O)C2. The average Bonchev–Trinajstić information content (AvgIpc) is 2.85. The molecule has 1 amide bonds. The number of halogens is 1. The fraction of sp³-hybridized carbons (Fsp3) is 0.909. The second-order valence-electron chi connectivity index (χ2n) is 5.03. The highest BCUT2D eigenvalue weighted by Crippen LogP contribution is 2.36. The lowest BCUT2D eigenvalue weighted by Gasteiger charge is -2.38. The zero-order valence-electron chi connectivity index (χ0n) is 9.67. The van der Waals surface area contributed by atoms with Crippen LogP contribution < -0.4 is 5.32 Å². The van der Waals surface area contributed by atoms with Gasteiger partial charge in [0.2, 0.25) is 5.91 Å². The van der Waals surface area contributed by atoms with E-state index in [1.54, 1.807) is 11.8 Å². The third-order valence-corrected chi connectivity index (χ3v) is 4.92. The number of aliphatic hydroxyl groups excluding tert-OH is 1. The number of piperidine rings is 1. The van der Waals surface area contributed by atoms with Gasteiger partial charge in [0, 0.05) is 23.7 Å². The molecule has 3 aliphatic rings. The van der Waals surface area contributed by atoms with Crippen molar-refractivity contribution in [3.63, 3.8) is 0 Å². The van der Waals surface area contributed by atoms with E-state index in [2.05, 4.69) is 10.2 Å². The quantitative estimate of drug-likeness (QED) is 0.737. The Labute approximate surface area is 112 Å². The van der Waals surface area contributed by atoms with Crippen molar-refractivity contribution in [2.24, 2.45) is 0 Å². The van der Waals surface area contributed by atoms with Crippen LogP contribution in [-0.4, -0.2) is 51.8 Å². The first-order chi connectivity index (χ1) is 7.75. The Balaban J connectivity index is 0.00000108. The van der Waals surface area contributed by atoms with E-state index in [-0.39, 0.29) is 30.5 Å². The number of fused-ring (bicyclic) bond motifs is 2. The zero-order chi connectivity index (χ0) is 11.1. The molecule has 6 heteroatoms. The molecule has 3 atom stereocenters. The van der Waals surface area contributed by atoms with Crippen LogP contribution in [-0.2, 0) is 4.79 Å². The molecule has 2 bridgehead atoms. The molecular weight excluding hydrogens is 260 g/mol. The van der Waals surface area contributed by atoms with Crippen LogP contribution in [0.2, 0.25) is 0 Å². The highest BCUT2D eigenvalue weighted by atomic mass is 35.5. The fourth-order valence-electron chi connectivity index (χ4n) is 3.24. The predicted molar refractivity (Wildman–Crippen MR) is 70.4 cm³/mol. The summed E-state index contributed by atoms with van der Waals surface area (Å²) in [6.07, 6.45) is 3.53. The summed E-state index contributed by atoms with van der Waals surface area (Å²) >= 11 is 1.79. The van der Waals surface area contributed by atoms with E-state index in [1.165, 1.54) is 0 Å². The van der Waals surface area contributed by atoms with Gasteiger partial charge < -0.3 is 10.0 Å². The number of hydrogen-bond acceptors (Lipinski definition) is 4. The molecule has 3 aliphatic heterocycles. The minimum atomic E-state index is -0.188. The Hall–Kier alpha value is 0.0300. The molecule has 3 rings (SSSR count). The summed E-state index contributed by atoms with van der Waals surface area (Å²) in [4.78, 5) is 14.4. The van der Waals surface area contributed by atoms with Crippen molar-refractivity contribution in [2.45, 2.75) is 49.9 Å². The summed E-state index contributed by atoms with van der Waals surface area (Å²) in [7, 11) is 0. The van der Waals surface area contributed by atoms with Gasteiger partial charge in [-0.05, 0) is 25.7 Å². The van der Waals surface area contributed by atoms with Crippen LogP contribution >= 0.6 is 24.2 Å². The van der Waals surface area contributed by atoms with Crippen molar-refractivity contribution in [2.75, 3.05) is 11.6 Å². The molecule has 0 spiro atoms. The second kappa shape index (κ2) is 5.34. The van der Waals surface area contributed by atoms with E-state index in [0.29, 0.717) is 12.1 Å². The average molecular weight is 279 g/mol. The van der Waals surface area contributed by atoms with Crippen LogP contribution in [0.3, 0.4) is 0 Å². The van der Waals surface area contributed by atoms with Crippen LogP contribution in [0.25, 0.3) is 0 Å². The number of aliphatic hydroxyl groups is 1. The van der Waals surface area contributed by atoms with Crippen molar-refractivity contribution in [3.05, 3.63) is 0 Å². The van der Waals surface area contributed by atoms with E-state index in [1.807, 2.05) is 0 Å². The normalized spacial score (nSPS) is 40.2. The minimum absolute atomic E-state index is 0. The molecule has 4 nitrogen and oxygen atoms in total. The number of rotatable bonds is 1. The van der Waals surface area contributed by atoms with Crippen molar-refractivity contribution >= 4 is 30.1 Å². The van der Waals surface area contributed by atoms with Crippen LogP contribution in [0.1, 0.15) is 25.7 Å². The topological polar surface area (TPSA) is 52.6 Å². The molecule has 0 aromatic heterocycles. The maximum atomic E-state index is 12.3. The Morgan fingerprint density at radius 2 is 1.94 bits per heavy atom. The van der Waals surface area contributed by atoms with Crippen LogP contribution in [0.5, 0.6) is 0 Å². The number of nitrogens with one attached hydrogen (secondary N) is 1. The van der Waals surface area contributed by atoms with Crippen LogP contribution in [0.15, 0.2) is 0 Å². The van der Waals surface area contributed by atoms with Gasteiger partial charge in [0.1, 0.15) is 0 Å². The summed E-state index contributed by atoms with van der Waals surface area (Å²) in [5, 5.41) is 12.9. The summed E-state index contributed by atoms with van der Waals surface area (Å²) in [5.74, 6) is 2.06. The Morgan fingerprint density at radius 3 is 2.47 bits per heavy atom. The van der Waals surface area contributed by atoms with Gasteiger partial charge in [0.15, 0.2) is 0 Å². The molecule has 98 valence electrons.